The van der Waals surface area contributed by atoms with E-state index >= 15 is 0 Å². The lowest BCUT2D eigenvalue weighted by Gasteiger charge is -2.06. The Labute approximate surface area is 112 Å². The van der Waals surface area contributed by atoms with Gasteiger partial charge in [-0.05, 0) is 24.1 Å². The van der Waals surface area contributed by atoms with Gasteiger partial charge in [0.25, 0.3) is 0 Å². The third kappa shape index (κ3) is 5.09. The number of benzene rings is 1. The molecule has 0 unspecified atom stereocenters. The standard InChI is InChI=1S/C12H16N2O4S/c1-2-7-19(17,18)14-11(15)8-9-3-5-10(6-4-9)12(13)16/h3-6H,2,7-8H2,1H3,(H2,13,16)(H,14,15). The largest absolute Gasteiger partial charge is 0.366 e. The molecular weight excluding hydrogens is 268 g/mol. The number of rotatable bonds is 6. The van der Waals surface area contributed by atoms with Crippen molar-refractivity contribution in [2.24, 2.45) is 5.73 Å². The average Bonchev–Trinajstić information content (AvgIpc) is 2.28. The Kier molecular flexibility index (Phi) is 5.05. The van der Waals surface area contributed by atoms with Crippen LogP contribution in [-0.4, -0.2) is 26.0 Å². The van der Waals surface area contributed by atoms with Crippen LogP contribution in [0.25, 0.3) is 0 Å². The lowest BCUT2D eigenvalue weighted by molar-refractivity contribution is -0.118. The fraction of sp³-hybridized carbons (Fsp3) is 0.333. The summed E-state index contributed by atoms with van der Waals surface area (Å²) in [5, 5.41) is 0. The number of hydrogen-bond acceptors (Lipinski definition) is 4. The van der Waals surface area contributed by atoms with Gasteiger partial charge in [0.1, 0.15) is 0 Å². The monoisotopic (exact) mass is 284 g/mol. The van der Waals surface area contributed by atoms with Crippen LogP contribution in [0.1, 0.15) is 29.3 Å². The third-order valence-electron chi connectivity index (χ3n) is 2.35. The first kappa shape index (κ1) is 15.2. The predicted octanol–water partition coefficient (Wildman–Crippen LogP) is 0.184. The molecular formula is C12H16N2O4S. The van der Waals surface area contributed by atoms with Gasteiger partial charge < -0.3 is 5.73 Å². The number of carbonyl (C=O) groups excluding carboxylic acids is 2. The SMILES string of the molecule is CCCS(=O)(=O)NC(=O)Cc1ccc(C(N)=O)cc1. The smallest absolute Gasteiger partial charge is 0.248 e. The molecule has 0 atom stereocenters. The number of nitrogens with one attached hydrogen (secondary N) is 1. The van der Waals surface area contributed by atoms with Crippen LogP contribution in [0.15, 0.2) is 24.3 Å². The van der Waals surface area contributed by atoms with Gasteiger partial charge in [0.2, 0.25) is 21.8 Å². The van der Waals surface area contributed by atoms with E-state index in [9.17, 15) is 18.0 Å². The van der Waals surface area contributed by atoms with E-state index in [1.165, 1.54) is 12.1 Å². The highest BCUT2D eigenvalue weighted by Gasteiger charge is 2.13. The zero-order valence-electron chi connectivity index (χ0n) is 10.5. The summed E-state index contributed by atoms with van der Waals surface area (Å²) in [6, 6.07) is 6.11. The van der Waals surface area contributed by atoms with Crippen molar-refractivity contribution < 1.29 is 18.0 Å². The first-order valence-electron chi connectivity index (χ1n) is 5.76. The molecule has 0 aliphatic rings. The molecule has 2 amide bonds. The topological polar surface area (TPSA) is 106 Å². The second-order valence-electron chi connectivity index (χ2n) is 4.08. The molecule has 0 aliphatic heterocycles. The van der Waals surface area contributed by atoms with Crippen LogP contribution in [0.2, 0.25) is 0 Å². The summed E-state index contributed by atoms with van der Waals surface area (Å²) in [6.07, 6.45) is 0.373. The number of primary amides is 1. The van der Waals surface area contributed by atoms with Gasteiger partial charge in [0.15, 0.2) is 0 Å². The summed E-state index contributed by atoms with van der Waals surface area (Å²) in [7, 11) is -3.55. The van der Waals surface area contributed by atoms with Gasteiger partial charge in [0.05, 0.1) is 12.2 Å². The van der Waals surface area contributed by atoms with Gasteiger partial charge in [-0.25, -0.2) is 8.42 Å². The van der Waals surface area contributed by atoms with E-state index in [1.54, 1.807) is 19.1 Å². The maximum absolute atomic E-state index is 11.5. The molecule has 6 nitrogen and oxygen atoms in total. The molecule has 104 valence electrons. The lowest BCUT2D eigenvalue weighted by atomic mass is 10.1. The van der Waals surface area contributed by atoms with Crippen LogP contribution in [-0.2, 0) is 21.2 Å². The van der Waals surface area contributed by atoms with Crippen LogP contribution in [0.5, 0.6) is 0 Å². The van der Waals surface area contributed by atoms with Crippen LogP contribution in [0, 0.1) is 0 Å². The molecule has 0 fully saturated rings. The van der Waals surface area contributed by atoms with Crippen LogP contribution in [0.3, 0.4) is 0 Å². The molecule has 0 heterocycles. The quantitative estimate of drug-likeness (QED) is 0.777. The molecule has 19 heavy (non-hydrogen) atoms. The summed E-state index contributed by atoms with van der Waals surface area (Å²) in [4.78, 5) is 22.4. The highest BCUT2D eigenvalue weighted by molar-refractivity contribution is 7.90. The van der Waals surface area contributed by atoms with Crippen molar-refractivity contribution in [3.63, 3.8) is 0 Å². The fourth-order valence-corrected chi connectivity index (χ4v) is 2.56. The molecule has 0 saturated carbocycles. The zero-order chi connectivity index (χ0) is 14.5. The molecule has 0 radical (unpaired) electrons. The van der Waals surface area contributed by atoms with Crippen molar-refractivity contribution in [1.82, 2.24) is 4.72 Å². The van der Waals surface area contributed by atoms with E-state index in [0.717, 1.165) is 0 Å². The van der Waals surface area contributed by atoms with E-state index in [-0.39, 0.29) is 12.2 Å². The first-order valence-corrected chi connectivity index (χ1v) is 7.41. The fourth-order valence-electron chi connectivity index (χ4n) is 1.50. The van der Waals surface area contributed by atoms with E-state index in [1.807, 2.05) is 4.72 Å². The maximum atomic E-state index is 11.5. The molecule has 1 aromatic carbocycles. The number of hydrogen-bond donors (Lipinski definition) is 2. The number of carbonyl (C=O) groups is 2. The molecule has 0 saturated heterocycles. The van der Waals surface area contributed by atoms with E-state index in [4.69, 9.17) is 5.73 Å². The second kappa shape index (κ2) is 6.33. The number of sulfonamides is 1. The van der Waals surface area contributed by atoms with Crippen molar-refractivity contribution in [1.29, 1.82) is 0 Å². The second-order valence-corrected chi connectivity index (χ2v) is 5.92. The number of amides is 2. The Morgan fingerprint density at radius 2 is 1.79 bits per heavy atom. The van der Waals surface area contributed by atoms with Gasteiger partial charge >= 0.3 is 0 Å². The Balaban J connectivity index is 2.65. The average molecular weight is 284 g/mol. The third-order valence-corrected chi connectivity index (χ3v) is 3.83. The summed E-state index contributed by atoms with van der Waals surface area (Å²) >= 11 is 0. The predicted molar refractivity (Wildman–Crippen MR) is 70.9 cm³/mol. The van der Waals surface area contributed by atoms with Crippen molar-refractivity contribution in [2.45, 2.75) is 19.8 Å². The minimum Gasteiger partial charge on any atom is -0.366 e. The molecule has 7 heteroatoms. The Hall–Kier alpha value is -1.89. The van der Waals surface area contributed by atoms with Gasteiger partial charge in [-0.1, -0.05) is 19.1 Å². The summed E-state index contributed by atoms with van der Waals surface area (Å²) in [6.45, 7) is 1.71. The summed E-state index contributed by atoms with van der Waals surface area (Å²) < 4.78 is 24.7. The van der Waals surface area contributed by atoms with E-state index < -0.39 is 21.8 Å². The minimum absolute atomic E-state index is 0.0675. The Morgan fingerprint density at radius 1 is 1.21 bits per heavy atom. The number of nitrogens with two attached hydrogens (primary N) is 1. The van der Waals surface area contributed by atoms with Crippen molar-refractivity contribution in [2.75, 3.05) is 5.75 Å². The van der Waals surface area contributed by atoms with Gasteiger partial charge in [0, 0.05) is 5.56 Å². The zero-order valence-corrected chi connectivity index (χ0v) is 11.4. The van der Waals surface area contributed by atoms with Crippen LogP contribution in [0.4, 0.5) is 0 Å². The van der Waals surface area contributed by atoms with E-state index in [0.29, 0.717) is 17.5 Å². The van der Waals surface area contributed by atoms with Gasteiger partial charge in [-0.3, -0.25) is 14.3 Å². The Morgan fingerprint density at radius 3 is 2.26 bits per heavy atom. The highest BCUT2D eigenvalue weighted by Crippen LogP contribution is 2.05. The normalized spacial score (nSPS) is 11.0. The molecule has 0 aliphatic carbocycles. The lowest BCUT2D eigenvalue weighted by Crippen LogP contribution is -2.33. The van der Waals surface area contributed by atoms with Crippen molar-refractivity contribution in [3.05, 3.63) is 35.4 Å². The van der Waals surface area contributed by atoms with E-state index in [2.05, 4.69) is 0 Å². The summed E-state index contributed by atoms with van der Waals surface area (Å²) in [5.41, 5.74) is 6.03. The van der Waals surface area contributed by atoms with Crippen LogP contribution >= 0.6 is 0 Å². The van der Waals surface area contributed by atoms with Gasteiger partial charge in [-0.2, -0.15) is 0 Å². The van der Waals surface area contributed by atoms with Crippen molar-refractivity contribution in [3.8, 4) is 0 Å². The molecule has 0 bridgehead atoms. The molecule has 1 aromatic rings. The molecule has 0 spiro atoms. The van der Waals surface area contributed by atoms with Gasteiger partial charge in [-0.15, -0.1) is 0 Å². The minimum atomic E-state index is -3.55. The molecule has 1 rings (SSSR count). The summed E-state index contributed by atoms with van der Waals surface area (Å²) in [5.74, 6) is -1.24. The maximum Gasteiger partial charge on any atom is 0.248 e. The molecule has 0 aromatic heterocycles. The Bertz CT molecular complexity index is 564. The van der Waals surface area contributed by atoms with Crippen molar-refractivity contribution >= 4 is 21.8 Å². The first-order chi connectivity index (χ1) is 8.84. The molecule has 3 N–H and O–H groups in total. The van der Waals surface area contributed by atoms with Crippen LogP contribution < -0.4 is 10.5 Å². The highest BCUT2D eigenvalue weighted by atomic mass is 32.2.